The first-order valence-electron chi connectivity index (χ1n) is 10.1. The Bertz CT molecular complexity index is 889. The van der Waals surface area contributed by atoms with Gasteiger partial charge in [-0.15, -0.1) is 0 Å². The van der Waals surface area contributed by atoms with Gasteiger partial charge < -0.3 is 4.74 Å². The van der Waals surface area contributed by atoms with Crippen LogP contribution in [-0.2, 0) is 13.1 Å². The summed E-state index contributed by atoms with van der Waals surface area (Å²) in [5, 5.41) is 8.88. The van der Waals surface area contributed by atoms with Crippen LogP contribution in [0.15, 0.2) is 67.3 Å². The minimum absolute atomic E-state index is 0.680. The summed E-state index contributed by atoms with van der Waals surface area (Å²) < 4.78 is 10.4. The molecule has 0 spiro atoms. The van der Waals surface area contributed by atoms with Crippen LogP contribution in [0.5, 0.6) is 5.75 Å². The molecular formula is C24H28N3O+. The fraction of sp³-hybridized carbons (Fsp3) is 0.333. The van der Waals surface area contributed by atoms with Gasteiger partial charge in [0.25, 0.3) is 0 Å². The summed E-state index contributed by atoms with van der Waals surface area (Å²) >= 11 is 0. The molecule has 0 saturated carbocycles. The third kappa shape index (κ3) is 5.72. The number of hydrogen-bond acceptors (Lipinski definition) is 2. The topological polar surface area (TPSA) is 41.8 Å². The van der Waals surface area contributed by atoms with E-state index in [1.54, 1.807) is 0 Å². The molecule has 144 valence electrons. The molecule has 0 aliphatic carbocycles. The normalized spacial score (nSPS) is 10.6. The quantitative estimate of drug-likeness (QED) is 0.371. The summed E-state index contributed by atoms with van der Waals surface area (Å²) in [6, 6.07) is 17.9. The van der Waals surface area contributed by atoms with E-state index in [-0.39, 0.29) is 0 Å². The third-order valence-electron chi connectivity index (χ3n) is 4.80. The van der Waals surface area contributed by atoms with Crippen LogP contribution in [0.2, 0.25) is 0 Å². The van der Waals surface area contributed by atoms with Gasteiger partial charge >= 0.3 is 0 Å². The molecule has 0 fully saturated rings. The number of unbranched alkanes of at least 4 members (excludes halogenated alkanes) is 2. The van der Waals surface area contributed by atoms with E-state index >= 15 is 0 Å². The van der Waals surface area contributed by atoms with Crippen molar-refractivity contribution in [3.8, 4) is 22.9 Å². The molecule has 0 atom stereocenters. The molecule has 0 saturated heterocycles. The molecule has 0 radical (unpaired) electrons. The Labute approximate surface area is 167 Å². The lowest BCUT2D eigenvalue weighted by molar-refractivity contribution is -0.696. The largest absolute Gasteiger partial charge is 0.494 e. The van der Waals surface area contributed by atoms with Crippen LogP contribution >= 0.6 is 0 Å². The van der Waals surface area contributed by atoms with Crippen molar-refractivity contribution in [3.05, 3.63) is 72.8 Å². The maximum atomic E-state index is 8.88. The summed E-state index contributed by atoms with van der Waals surface area (Å²) in [4.78, 5) is 0. The lowest BCUT2D eigenvalue weighted by atomic mass is 10.0. The number of aromatic nitrogens is 2. The molecule has 4 nitrogen and oxygen atoms in total. The van der Waals surface area contributed by atoms with E-state index in [0.717, 1.165) is 49.4 Å². The van der Waals surface area contributed by atoms with Crippen LogP contribution in [0.3, 0.4) is 0 Å². The van der Waals surface area contributed by atoms with E-state index in [4.69, 9.17) is 10.00 Å². The van der Waals surface area contributed by atoms with E-state index < -0.39 is 0 Å². The van der Waals surface area contributed by atoms with E-state index in [1.807, 2.05) is 36.4 Å². The van der Waals surface area contributed by atoms with Crippen molar-refractivity contribution in [1.29, 1.82) is 5.26 Å². The Morgan fingerprint density at radius 3 is 2.36 bits per heavy atom. The highest BCUT2D eigenvalue weighted by atomic mass is 16.5. The summed E-state index contributed by atoms with van der Waals surface area (Å²) in [5.41, 5.74) is 2.91. The summed E-state index contributed by atoms with van der Waals surface area (Å²) in [7, 11) is 0. The Morgan fingerprint density at radius 2 is 1.68 bits per heavy atom. The number of aryl methyl sites for hydroxylation is 2. The van der Waals surface area contributed by atoms with Crippen LogP contribution in [0.4, 0.5) is 0 Å². The van der Waals surface area contributed by atoms with E-state index in [1.165, 1.54) is 12.8 Å². The van der Waals surface area contributed by atoms with E-state index in [0.29, 0.717) is 5.56 Å². The minimum atomic E-state index is 0.680. The van der Waals surface area contributed by atoms with Crippen molar-refractivity contribution in [2.45, 2.75) is 45.7 Å². The van der Waals surface area contributed by atoms with Gasteiger partial charge in [0.15, 0.2) is 0 Å². The summed E-state index contributed by atoms with van der Waals surface area (Å²) in [6.45, 7) is 5.08. The molecule has 28 heavy (non-hydrogen) atoms. The number of hydrogen-bond donors (Lipinski definition) is 0. The highest BCUT2D eigenvalue weighted by Crippen LogP contribution is 2.22. The standard InChI is InChI=1S/C24H28N3O/c1-2-3-14-26-16-17-27(20-26)15-4-5-18-28-24-12-10-23(11-13-24)22-8-6-21(19-25)7-9-22/h6-13,16-17,20H,2-5,14-15,18H2,1H3/q+1. The molecule has 0 amide bonds. The van der Waals surface area contributed by atoms with Crippen molar-refractivity contribution in [2.75, 3.05) is 6.61 Å². The molecule has 0 unspecified atom stereocenters. The average Bonchev–Trinajstić information content (AvgIpc) is 3.20. The van der Waals surface area contributed by atoms with Gasteiger partial charge in [0.2, 0.25) is 6.33 Å². The number of ether oxygens (including phenoxy) is 1. The van der Waals surface area contributed by atoms with E-state index in [2.05, 4.69) is 53.0 Å². The molecule has 1 heterocycles. The zero-order chi connectivity index (χ0) is 19.6. The van der Waals surface area contributed by atoms with Gasteiger partial charge in [0.05, 0.1) is 31.3 Å². The van der Waals surface area contributed by atoms with Crippen LogP contribution in [0.25, 0.3) is 11.1 Å². The molecule has 3 rings (SSSR count). The first-order valence-corrected chi connectivity index (χ1v) is 10.1. The van der Waals surface area contributed by atoms with Crippen molar-refractivity contribution in [2.24, 2.45) is 0 Å². The van der Waals surface area contributed by atoms with Crippen LogP contribution < -0.4 is 9.30 Å². The predicted octanol–water partition coefficient (Wildman–Crippen LogP) is 4.97. The SMILES string of the molecule is CCCCn1cc[n+](CCCCOc2ccc(-c3ccc(C#N)cc3)cc2)c1. The lowest BCUT2D eigenvalue weighted by Crippen LogP contribution is -2.31. The molecule has 4 heteroatoms. The van der Waals surface area contributed by atoms with Crippen molar-refractivity contribution < 1.29 is 9.30 Å². The van der Waals surface area contributed by atoms with Gasteiger partial charge in [-0.2, -0.15) is 5.26 Å². The molecule has 0 aliphatic heterocycles. The Kier molecular flexibility index (Phi) is 7.26. The number of rotatable bonds is 10. The number of imidazole rings is 1. The van der Waals surface area contributed by atoms with E-state index in [9.17, 15) is 0 Å². The van der Waals surface area contributed by atoms with Gasteiger partial charge in [0, 0.05) is 0 Å². The van der Waals surface area contributed by atoms with Crippen LogP contribution in [0.1, 0.15) is 38.2 Å². The third-order valence-corrected chi connectivity index (χ3v) is 4.80. The number of nitriles is 1. The Hall–Kier alpha value is -3.06. The molecule has 0 N–H and O–H groups in total. The van der Waals surface area contributed by atoms with Crippen molar-refractivity contribution >= 4 is 0 Å². The smallest absolute Gasteiger partial charge is 0.243 e. The first kappa shape index (κ1) is 19.7. The highest BCUT2D eigenvalue weighted by molar-refractivity contribution is 5.64. The van der Waals surface area contributed by atoms with Gasteiger partial charge in [0.1, 0.15) is 18.1 Å². The second kappa shape index (κ2) is 10.3. The highest BCUT2D eigenvalue weighted by Gasteiger charge is 2.03. The maximum absolute atomic E-state index is 8.88. The number of nitrogens with zero attached hydrogens (tertiary/aromatic N) is 3. The Morgan fingerprint density at radius 1 is 0.964 bits per heavy atom. The molecule has 0 aliphatic rings. The van der Waals surface area contributed by atoms with Gasteiger partial charge in [-0.3, -0.25) is 0 Å². The number of benzene rings is 2. The molecule has 3 aromatic rings. The first-order chi connectivity index (χ1) is 13.8. The fourth-order valence-corrected chi connectivity index (χ4v) is 3.11. The summed E-state index contributed by atoms with van der Waals surface area (Å²) in [5.74, 6) is 0.899. The van der Waals surface area contributed by atoms with Crippen molar-refractivity contribution in [1.82, 2.24) is 4.57 Å². The predicted molar refractivity (Wildman–Crippen MR) is 111 cm³/mol. The second-order valence-electron chi connectivity index (χ2n) is 7.01. The molecule has 1 aromatic heterocycles. The Balaban J connectivity index is 1.39. The zero-order valence-electron chi connectivity index (χ0n) is 16.6. The maximum Gasteiger partial charge on any atom is 0.243 e. The monoisotopic (exact) mass is 374 g/mol. The van der Waals surface area contributed by atoms with Gasteiger partial charge in [-0.25, -0.2) is 9.13 Å². The fourth-order valence-electron chi connectivity index (χ4n) is 3.11. The van der Waals surface area contributed by atoms with Gasteiger partial charge in [-0.05, 0) is 54.7 Å². The second-order valence-corrected chi connectivity index (χ2v) is 7.01. The summed E-state index contributed by atoms with van der Waals surface area (Å²) in [6.07, 6.45) is 11.1. The molecular weight excluding hydrogens is 346 g/mol. The zero-order valence-corrected chi connectivity index (χ0v) is 16.6. The molecule has 0 bridgehead atoms. The van der Waals surface area contributed by atoms with Crippen molar-refractivity contribution in [3.63, 3.8) is 0 Å². The van der Waals surface area contributed by atoms with Gasteiger partial charge in [-0.1, -0.05) is 37.6 Å². The molecule has 2 aromatic carbocycles. The average molecular weight is 375 g/mol. The minimum Gasteiger partial charge on any atom is -0.494 e. The van der Waals surface area contributed by atoms with Crippen LogP contribution in [0, 0.1) is 11.3 Å². The van der Waals surface area contributed by atoms with Crippen LogP contribution in [-0.4, -0.2) is 11.2 Å². The lowest BCUT2D eigenvalue weighted by Gasteiger charge is -2.07.